The predicted molar refractivity (Wildman–Crippen MR) is 84.3 cm³/mol. The van der Waals surface area contributed by atoms with Gasteiger partial charge in [0.15, 0.2) is 0 Å². The van der Waals surface area contributed by atoms with E-state index >= 15 is 0 Å². The van der Waals surface area contributed by atoms with Crippen molar-refractivity contribution in [3.8, 4) is 0 Å². The average molecular weight is 344 g/mol. The second-order valence-electron chi connectivity index (χ2n) is 5.47. The molecule has 0 aromatic carbocycles. The number of rotatable bonds is 3. The van der Waals surface area contributed by atoms with Gasteiger partial charge in [0.2, 0.25) is 5.91 Å². The van der Waals surface area contributed by atoms with E-state index in [9.17, 15) is 4.79 Å². The Hall–Kier alpha value is -0.350. The minimum atomic E-state index is 0.258. The molecule has 4 heteroatoms. The molecule has 1 aliphatic rings. The first-order valence-electron chi connectivity index (χ1n) is 7.14. The molecule has 0 saturated heterocycles. The maximum absolute atomic E-state index is 12.5. The van der Waals surface area contributed by atoms with Crippen molar-refractivity contribution in [3.05, 3.63) is 20.8 Å². The number of hydrogen-bond donors (Lipinski definition) is 0. The maximum atomic E-state index is 12.5. The lowest BCUT2D eigenvalue weighted by molar-refractivity contribution is -0.135. The normalized spacial score (nSPS) is 17.8. The Balaban J connectivity index is 1.89. The highest BCUT2D eigenvalue weighted by molar-refractivity contribution is 9.10. The maximum Gasteiger partial charge on any atom is 0.225 e. The minimum Gasteiger partial charge on any atom is -0.340 e. The van der Waals surface area contributed by atoms with Gasteiger partial charge in [-0.15, -0.1) is 11.3 Å². The molecule has 0 spiro atoms. The molecule has 0 N–H and O–H groups in total. The summed E-state index contributed by atoms with van der Waals surface area (Å²) in [4.78, 5) is 15.6. The molecule has 1 aromatic heterocycles. The summed E-state index contributed by atoms with van der Waals surface area (Å²) in [5, 5.41) is 2.07. The van der Waals surface area contributed by atoms with E-state index in [1.807, 2.05) is 11.9 Å². The van der Waals surface area contributed by atoms with Gasteiger partial charge < -0.3 is 4.90 Å². The van der Waals surface area contributed by atoms with Crippen molar-refractivity contribution in [1.29, 1.82) is 0 Å². The summed E-state index contributed by atoms with van der Waals surface area (Å²) in [6.45, 7) is 0.742. The standard InChI is InChI=1S/C15H22BrNOS/c1-17(10-14-9-13(16)11-19-14)15(18)12-7-5-3-2-4-6-8-12/h9,11-12H,2-8,10H2,1H3. The zero-order chi connectivity index (χ0) is 13.7. The summed E-state index contributed by atoms with van der Waals surface area (Å²) >= 11 is 5.17. The Bertz CT molecular complexity index is 410. The highest BCUT2D eigenvalue weighted by Gasteiger charge is 2.22. The van der Waals surface area contributed by atoms with Gasteiger partial charge in [-0.2, -0.15) is 0 Å². The average Bonchev–Trinajstić information content (AvgIpc) is 2.73. The highest BCUT2D eigenvalue weighted by Crippen LogP contribution is 2.25. The third-order valence-corrected chi connectivity index (χ3v) is 5.53. The Morgan fingerprint density at radius 1 is 1.32 bits per heavy atom. The minimum absolute atomic E-state index is 0.258. The smallest absolute Gasteiger partial charge is 0.225 e. The van der Waals surface area contributed by atoms with E-state index in [4.69, 9.17) is 0 Å². The molecule has 0 aliphatic heterocycles. The molecule has 1 fully saturated rings. The van der Waals surface area contributed by atoms with E-state index in [0.29, 0.717) is 5.91 Å². The first-order chi connectivity index (χ1) is 9.16. The molecule has 1 heterocycles. The molecule has 1 saturated carbocycles. The number of hydrogen-bond acceptors (Lipinski definition) is 2. The Labute approximate surface area is 128 Å². The summed E-state index contributed by atoms with van der Waals surface area (Å²) in [6, 6.07) is 2.10. The van der Waals surface area contributed by atoms with Crippen LogP contribution in [0.25, 0.3) is 0 Å². The second kappa shape index (κ2) is 7.44. The molecule has 1 aromatic rings. The van der Waals surface area contributed by atoms with Gasteiger partial charge in [0.25, 0.3) is 0 Å². The van der Waals surface area contributed by atoms with E-state index < -0.39 is 0 Å². The number of halogens is 1. The second-order valence-corrected chi connectivity index (χ2v) is 7.38. The van der Waals surface area contributed by atoms with Crippen molar-refractivity contribution in [2.75, 3.05) is 7.05 Å². The quantitative estimate of drug-likeness (QED) is 0.769. The monoisotopic (exact) mass is 343 g/mol. The van der Waals surface area contributed by atoms with Gasteiger partial charge in [0, 0.05) is 27.7 Å². The van der Waals surface area contributed by atoms with Crippen LogP contribution in [0.1, 0.15) is 49.8 Å². The molecule has 1 amide bonds. The number of nitrogens with zero attached hydrogens (tertiary/aromatic N) is 1. The number of carbonyl (C=O) groups excluding carboxylic acids is 1. The van der Waals surface area contributed by atoms with Crippen LogP contribution in [-0.2, 0) is 11.3 Å². The largest absolute Gasteiger partial charge is 0.340 e. The third-order valence-electron chi connectivity index (χ3n) is 3.85. The molecule has 0 bridgehead atoms. The van der Waals surface area contributed by atoms with Crippen molar-refractivity contribution < 1.29 is 4.79 Å². The van der Waals surface area contributed by atoms with Crippen molar-refractivity contribution in [3.63, 3.8) is 0 Å². The van der Waals surface area contributed by atoms with Crippen LogP contribution in [-0.4, -0.2) is 17.9 Å². The van der Waals surface area contributed by atoms with Gasteiger partial charge in [-0.3, -0.25) is 4.79 Å². The number of amides is 1. The first-order valence-corrected chi connectivity index (χ1v) is 8.82. The molecule has 1 aliphatic carbocycles. The van der Waals surface area contributed by atoms with Crippen LogP contribution in [0.3, 0.4) is 0 Å². The van der Waals surface area contributed by atoms with Crippen molar-refractivity contribution in [2.24, 2.45) is 5.92 Å². The van der Waals surface area contributed by atoms with Gasteiger partial charge in [0.05, 0.1) is 6.54 Å². The van der Waals surface area contributed by atoms with E-state index in [0.717, 1.165) is 23.9 Å². The fourth-order valence-electron chi connectivity index (χ4n) is 2.76. The molecule has 19 heavy (non-hydrogen) atoms. The van der Waals surface area contributed by atoms with Crippen molar-refractivity contribution >= 4 is 33.2 Å². The lowest BCUT2D eigenvalue weighted by Crippen LogP contribution is -2.32. The molecule has 2 rings (SSSR count). The fraction of sp³-hybridized carbons (Fsp3) is 0.667. The Morgan fingerprint density at radius 2 is 1.95 bits per heavy atom. The van der Waals surface area contributed by atoms with Crippen LogP contribution in [0.4, 0.5) is 0 Å². The SMILES string of the molecule is CN(Cc1cc(Br)cs1)C(=O)C1CCCCCCC1. The molecular formula is C15H22BrNOS. The van der Waals surface area contributed by atoms with Gasteiger partial charge in [0.1, 0.15) is 0 Å². The van der Waals surface area contributed by atoms with Crippen LogP contribution < -0.4 is 0 Å². The predicted octanol–water partition coefficient (Wildman–Crippen LogP) is 4.83. The van der Waals surface area contributed by atoms with Gasteiger partial charge in [-0.25, -0.2) is 0 Å². The summed E-state index contributed by atoms with van der Waals surface area (Å²) in [5.74, 6) is 0.597. The summed E-state index contributed by atoms with van der Waals surface area (Å²) in [7, 11) is 1.94. The van der Waals surface area contributed by atoms with Gasteiger partial charge in [-0.1, -0.05) is 32.1 Å². The lowest BCUT2D eigenvalue weighted by atomic mass is 9.90. The first kappa shape index (κ1) is 15.0. The lowest BCUT2D eigenvalue weighted by Gasteiger charge is -2.24. The zero-order valence-electron chi connectivity index (χ0n) is 11.5. The summed E-state index contributed by atoms with van der Waals surface area (Å²) in [5.41, 5.74) is 0. The van der Waals surface area contributed by atoms with Crippen LogP contribution >= 0.6 is 27.3 Å². The van der Waals surface area contributed by atoms with Crippen LogP contribution in [0.2, 0.25) is 0 Å². The third kappa shape index (κ3) is 4.60. The Morgan fingerprint density at radius 3 is 2.53 bits per heavy atom. The number of carbonyl (C=O) groups is 1. The molecule has 0 radical (unpaired) electrons. The van der Waals surface area contributed by atoms with E-state index in [1.54, 1.807) is 11.3 Å². The topological polar surface area (TPSA) is 20.3 Å². The zero-order valence-corrected chi connectivity index (χ0v) is 13.9. The molecule has 106 valence electrons. The fourth-order valence-corrected chi connectivity index (χ4v) is 4.27. The van der Waals surface area contributed by atoms with Crippen molar-refractivity contribution in [2.45, 2.75) is 51.5 Å². The number of thiophene rings is 1. The molecule has 2 nitrogen and oxygen atoms in total. The van der Waals surface area contributed by atoms with Crippen LogP contribution in [0.15, 0.2) is 15.9 Å². The highest BCUT2D eigenvalue weighted by atomic mass is 79.9. The molecule has 0 unspecified atom stereocenters. The molecular weight excluding hydrogens is 322 g/mol. The van der Waals surface area contributed by atoms with Crippen LogP contribution in [0.5, 0.6) is 0 Å². The van der Waals surface area contributed by atoms with E-state index in [-0.39, 0.29) is 5.92 Å². The van der Waals surface area contributed by atoms with Crippen molar-refractivity contribution in [1.82, 2.24) is 4.90 Å². The van der Waals surface area contributed by atoms with Gasteiger partial charge in [-0.05, 0) is 34.8 Å². The van der Waals surface area contributed by atoms with Crippen LogP contribution in [0, 0.1) is 5.92 Å². The van der Waals surface area contributed by atoms with Gasteiger partial charge >= 0.3 is 0 Å². The van der Waals surface area contributed by atoms with E-state index in [2.05, 4.69) is 27.4 Å². The summed E-state index contributed by atoms with van der Waals surface area (Å²) in [6.07, 6.45) is 8.54. The summed E-state index contributed by atoms with van der Waals surface area (Å²) < 4.78 is 1.11. The molecule has 0 atom stereocenters. The van der Waals surface area contributed by atoms with E-state index in [1.165, 1.54) is 37.0 Å². The Kier molecular flexibility index (Phi) is 5.89.